The fraction of sp³-hybridized carbons (Fsp3) is 0.353. The number of hydrogen-bond acceptors (Lipinski definition) is 1. The molecule has 0 bridgehead atoms. The summed E-state index contributed by atoms with van der Waals surface area (Å²) in [5.74, 6) is -0.215. The molecule has 96 valence electrons. The first-order chi connectivity index (χ1) is 9.23. The van der Waals surface area contributed by atoms with Gasteiger partial charge in [0.15, 0.2) is 0 Å². The van der Waals surface area contributed by atoms with Crippen molar-refractivity contribution in [3.05, 3.63) is 47.8 Å². The van der Waals surface area contributed by atoms with Crippen molar-refractivity contribution in [1.82, 2.24) is 0 Å². The van der Waals surface area contributed by atoms with Crippen LogP contribution in [0.3, 0.4) is 0 Å². The smallest absolute Gasteiger partial charge is 0.123 e. The first kappa shape index (κ1) is 12.2. The van der Waals surface area contributed by atoms with Crippen LogP contribution in [0.25, 0.3) is 10.8 Å². The van der Waals surface area contributed by atoms with Crippen LogP contribution in [0.2, 0.25) is 0 Å². The van der Waals surface area contributed by atoms with E-state index in [1.54, 1.807) is 12.1 Å². The van der Waals surface area contributed by atoms with E-state index >= 15 is 0 Å². The highest BCUT2D eigenvalue weighted by atomic mass is 19.1. The van der Waals surface area contributed by atoms with E-state index < -0.39 is 0 Å². The molecule has 0 amide bonds. The lowest BCUT2D eigenvalue weighted by Gasteiger charge is -2.31. The molecule has 0 atom stereocenters. The lowest BCUT2D eigenvalue weighted by molar-refractivity contribution is 0.366. The molecule has 0 N–H and O–H groups in total. The van der Waals surface area contributed by atoms with Crippen molar-refractivity contribution in [3.63, 3.8) is 0 Å². The molecule has 0 aromatic heterocycles. The van der Waals surface area contributed by atoms with Gasteiger partial charge in [-0.1, -0.05) is 37.5 Å². The zero-order chi connectivity index (χ0) is 13.3. The van der Waals surface area contributed by atoms with Crippen LogP contribution in [0, 0.1) is 17.1 Å². The van der Waals surface area contributed by atoms with Gasteiger partial charge in [-0.2, -0.15) is 5.26 Å². The Kier molecular flexibility index (Phi) is 2.98. The molecular formula is C17H16FN. The predicted octanol–water partition coefficient (Wildman–Crippen LogP) is 4.70. The molecule has 2 heteroatoms. The molecule has 3 rings (SSSR count). The van der Waals surface area contributed by atoms with Gasteiger partial charge in [0.1, 0.15) is 5.82 Å². The summed E-state index contributed by atoms with van der Waals surface area (Å²) in [7, 11) is 0. The minimum absolute atomic E-state index is 0.215. The third-order valence-corrected chi connectivity index (χ3v) is 4.28. The minimum atomic E-state index is -0.333. The van der Waals surface area contributed by atoms with E-state index in [1.807, 2.05) is 12.1 Å². The van der Waals surface area contributed by atoms with Gasteiger partial charge in [0.25, 0.3) is 0 Å². The first-order valence-electron chi connectivity index (χ1n) is 6.85. The second-order valence-electron chi connectivity index (χ2n) is 5.46. The van der Waals surface area contributed by atoms with Crippen LogP contribution < -0.4 is 0 Å². The zero-order valence-electron chi connectivity index (χ0n) is 10.8. The van der Waals surface area contributed by atoms with E-state index in [4.69, 9.17) is 0 Å². The van der Waals surface area contributed by atoms with Crippen molar-refractivity contribution in [2.24, 2.45) is 0 Å². The summed E-state index contributed by atoms with van der Waals surface area (Å²) >= 11 is 0. The van der Waals surface area contributed by atoms with Gasteiger partial charge in [0.05, 0.1) is 11.5 Å². The SMILES string of the molecule is N#CC1(c2ccc3cc(F)ccc3c2)CCCCC1. The van der Waals surface area contributed by atoms with Crippen molar-refractivity contribution in [2.75, 3.05) is 0 Å². The number of fused-ring (bicyclic) bond motifs is 1. The highest BCUT2D eigenvalue weighted by Crippen LogP contribution is 2.39. The number of halogens is 1. The van der Waals surface area contributed by atoms with Crippen molar-refractivity contribution >= 4 is 10.8 Å². The molecule has 2 aromatic carbocycles. The quantitative estimate of drug-likeness (QED) is 0.722. The molecule has 1 aliphatic carbocycles. The van der Waals surface area contributed by atoms with E-state index in [2.05, 4.69) is 12.1 Å². The summed E-state index contributed by atoms with van der Waals surface area (Å²) in [6.45, 7) is 0. The number of nitriles is 1. The molecule has 0 heterocycles. The van der Waals surface area contributed by atoms with E-state index in [0.717, 1.165) is 42.0 Å². The molecule has 0 saturated heterocycles. The van der Waals surface area contributed by atoms with Crippen molar-refractivity contribution in [1.29, 1.82) is 5.26 Å². The molecule has 1 saturated carbocycles. The monoisotopic (exact) mass is 253 g/mol. The standard InChI is InChI=1S/C17H16FN/c18-16-7-5-13-10-15(6-4-14(13)11-16)17(12-19)8-2-1-3-9-17/h4-7,10-11H,1-3,8-9H2. The third-order valence-electron chi connectivity index (χ3n) is 4.28. The van der Waals surface area contributed by atoms with Crippen LogP contribution in [0.15, 0.2) is 36.4 Å². The van der Waals surface area contributed by atoms with Gasteiger partial charge in [-0.15, -0.1) is 0 Å². The summed E-state index contributed by atoms with van der Waals surface area (Å²) in [4.78, 5) is 0. The average Bonchev–Trinajstić information content (AvgIpc) is 2.47. The molecule has 0 aliphatic heterocycles. The molecule has 0 unspecified atom stereocenters. The van der Waals surface area contributed by atoms with Gasteiger partial charge in [-0.25, -0.2) is 4.39 Å². The summed E-state index contributed by atoms with van der Waals surface area (Å²) in [5, 5.41) is 11.5. The maximum absolute atomic E-state index is 13.2. The van der Waals surface area contributed by atoms with Crippen LogP contribution in [-0.2, 0) is 5.41 Å². The Bertz CT molecular complexity index is 648. The Morgan fingerprint density at radius 3 is 2.37 bits per heavy atom. The molecule has 2 aromatic rings. The van der Waals surface area contributed by atoms with Crippen LogP contribution in [0.4, 0.5) is 4.39 Å². The largest absolute Gasteiger partial charge is 0.207 e. The number of benzene rings is 2. The van der Waals surface area contributed by atoms with Crippen LogP contribution in [0.1, 0.15) is 37.7 Å². The first-order valence-corrected chi connectivity index (χ1v) is 6.85. The zero-order valence-corrected chi connectivity index (χ0v) is 10.8. The van der Waals surface area contributed by atoms with E-state index in [0.29, 0.717) is 0 Å². The fourth-order valence-electron chi connectivity index (χ4n) is 3.13. The minimum Gasteiger partial charge on any atom is -0.207 e. The Morgan fingerprint density at radius 1 is 0.947 bits per heavy atom. The second-order valence-corrected chi connectivity index (χ2v) is 5.46. The number of nitrogens with zero attached hydrogens (tertiary/aromatic N) is 1. The van der Waals surface area contributed by atoms with E-state index in [-0.39, 0.29) is 11.2 Å². The van der Waals surface area contributed by atoms with Crippen molar-refractivity contribution in [3.8, 4) is 6.07 Å². The maximum Gasteiger partial charge on any atom is 0.123 e. The molecule has 1 fully saturated rings. The predicted molar refractivity (Wildman–Crippen MR) is 74.3 cm³/mol. The summed E-state index contributed by atoms with van der Waals surface area (Å²) in [5.41, 5.74) is 0.759. The third kappa shape index (κ3) is 2.10. The highest BCUT2D eigenvalue weighted by Gasteiger charge is 2.33. The van der Waals surface area contributed by atoms with Gasteiger partial charge in [0, 0.05) is 0 Å². The Morgan fingerprint density at radius 2 is 1.63 bits per heavy atom. The fourth-order valence-corrected chi connectivity index (χ4v) is 3.13. The molecular weight excluding hydrogens is 237 g/mol. The Labute approximate surface area is 112 Å². The van der Waals surface area contributed by atoms with Crippen LogP contribution >= 0.6 is 0 Å². The second kappa shape index (κ2) is 4.66. The highest BCUT2D eigenvalue weighted by molar-refractivity contribution is 5.83. The molecule has 1 aliphatic rings. The molecule has 1 nitrogen and oxygen atoms in total. The Hall–Kier alpha value is -1.88. The average molecular weight is 253 g/mol. The lowest BCUT2D eigenvalue weighted by Crippen LogP contribution is -2.26. The Balaban J connectivity index is 2.09. The molecule has 19 heavy (non-hydrogen) atoms. The number of rotatable bonds is 1. The van der Waals surface area contributed by atoms with Gasteiger partial charge in [0.2, 0.25) is 0 Å². The van der Waals surface area contributed by atoms with Gasteiger partial charge >= 0.3 is 0 Å². The topological polar surface area (TPSA) is 23.8 Å². The van der Waals surface area contributed by atoms with Crippen LogP contribution in [-0.4, -0.2) is 0 Å². The van der Waals surface area contributed by atoms with Crippen molar-refractivity contribution in [2.45, 2.75) is 37.5 Å². The number of hydrogen-bond donors (Lipinski definition) is 0. The maximum atomic E-state index is 13.2. The lowest BCUT2D eigenvalue weighted by atomic mass is 9.70. The summed E-state index contributed by atoms with van der Waals surface area (Å²) < 4.78 is 13.2. The van der Waals surface area contributed by atoms with Gasteiger partial charge in [-0.3, -0.25) is 0 Å². The van der Waals surface area contributed by atoms with E-state index in [1.165, 1.54) is 12.5 Å². The molecule has 0 spiro atoms. The van der Waals surface area contributed by atoms with Crippen molar-refractivity contribution < 1.29 is 4.39 Å². The van der Waals surface area contributed by atoms with Gasteiger partial charge < -0.3 is 0 Å². The van der Waals surface area contributed by atoms with Gasteiger partial charge in [-0.05, 0) is 47.4 Å². The summed E-state index contributed by atoms with van der Waals surface area (Å²) in [6, 6.07) is 13.3. The molecule has 0 radical (unpaired) electrons. The summed E-state index contributed by atoms with van der Waals surface area (Å²) in [6.07, 6.45) is 5.35. The normalized spacial score (nSPS) is 18.1. The van der Waals surface area contributed by atoms with E-state index in [9.17, 15) is 9.65 Å². The van der Waals surface area contributed by atoms with Crippen LogP contribution in [0.5, 0.6) is 0 Å².